The van der Waals surface area contributed by atoms with Crippen LogP contribution >= 0.6 is 11.6 Å². The number of piperidine rings is 1. The van der Waals surface area contributed by atoms with Crippen molar-refractivity contribution in [2.45, 2.75) is 38.3 Å². The SMILES string of the molecule is Cc1cc2n(n1)C1(CCN(C(=O)Nc3ccccc3Cl)CC1)CC(=O)N2Cc1ccncc1. The van der Waals surface area contributed by atoms with Crippen LogP contribution in [0.25, 0.3) is 0 Å². The first kappa shape index (κ1) is 21.5. The number of amides is 3. The van der Waals surface area contributed by atoms with Crippen LogP contribution in [-0.2, 0) is 16.9 Å². The number of halogens is 1. The highest BCUT2D eigenvalue weighted by Crippen LogP contribution is 2.42. The average Bonchev–Trinajstić information content (AvgIpc) is 3.22. The van der Waals surface area contributed by atoms with E-state index >= 15 is 0 Å². The van der Waals surface area contributed by atoms with Gasteiger partial charge in [0.2, 0.25) is 5.91 Å². The Morgan fingerprint density at radius 3 is 2.61 bits per heavy atom. The molecule has 1 aromatic carbocycles. The van der Waals surface area contributed by atoms with Crippen molar-refractivity contribution in [1.82, 2.24) is 19.7 Å². The van der Waals surface area contributed by atoms with Gasteiger partial charge in [0.1, 0.15) is 5.82 Å². The van der Waals surface area contributed by atoms with Crippen LogP contribution in [0.3, 0.4) is 0 Å². The molecule has 0 bridgehead atoms. The molecule has 2 aliphatic rings. The van der Waals surface area contributed by atoms with E-state index in [0.29, 0.717) is 49.6 Å². The summed E-state index contributed by atoms with van der Waals surface area (Å²) in [7, 11) is 0. The molecule has 2 aliphatic heterocycles. The van der Waals surface area contributed by atoms with Crippen molar-refractivity contribution < 1.29 is 9.59 Å². The van der Waals surface area contributed by atoms with Crippen molar-refractivity contribution in [3.63, 3.8) is 0 Å². The van der Waals surface area contributed by atoms with Crippen LogP contribution in [0.5, 0.6) is 0 Å². The Morgan fingerprint density at radius 2 is 1.88 bits per heavy atom. The van der Waals surface area contributed by atoms with Crippen LogP contribution < -0.4 is 10.2 Å². The van der Waals surface area contributed by atoms with E-state index in [1.165, 1.54) is 0 Å². The molecule has 0 saturated carbocycles. The first-order valence-corrected chi connectivity index (χ1v) is 11.4. The summed E-state index contributed by atoms with van der Waals surface area (Å²) < 4.78 is 2.02. The summed E-state index contributed by atoms with van der Waals surface area (Å²) in [5, 5.41) is 8.17. The summed E-state index contributed by atoms with van der Waals surface area (Å²) in [4.78, 5) is 33.8. The second kappa shape index (κ2) is 8.51. The number of rotatable bonds is 3. The maximum Gasteiger partial charge on any atom is 0.321 e. The fourth-order valence-corrected chi connectivity index (χ4v) is 4.90. The number of hydrogen-bond donors (Lipinski definition) is 1. The van der Waals surface area contributed by atoms with E-state index in [1.54, 1.807) is 34.3 Å². The van der Waals surface area contributed by atoms with Crippen molar-refractivity contribution in [3.8, 4) is 0 Å². The molecule has 8 nitrogen and oxygen atoms in total. The van der Waals surface area contributed by atoms with Gasteiger partial charge in [-0.3, -0.25) is 14.7 Å². The summed E-state index contributed by atoms with van der Waals surface area (Å²) >= 11 is 6.18. The number of fused-ring (bicyclic) bond motifs is 2. The first-order chi connectivity index (χ1) is 15.9. The third-order valence-corrected chi connectivity index (χ3v) is 6.84. The van der Waals surface area contributed by atoms with Crippen LogP contribution in [0.2, 0.25) is 5.02 Å². The van der Waals surface area contributed by atoms with Gasteiger partial charge in [-0.25, -0.2) is 9.48 Å². The maximum absolute atomic E-state index is 13.3. The van der Waals surface area contributed by atoms with E-state index in [2.05, 4.69) is 10.3 Å². The van der Waals surface area contributed by atoms with Crippen molar-refractivity contribution >= 4 is 35.0 Å². The van der Waals surface area contributed by atoms with E-state index in [4.69, 9.17) is 16.7 Å². The van der Waals surface area contributed by atoms with Gasteiger partial charge in [0, 0.05) is 31.5 Å². The molecule has 3 aromatic rings. The number of anilines is 2. The fraction of sp³-hybridized carbons (Fsp3) is 0.333. The molecule has 1 saturated heterocycles. The molecule has 170 valence electrons. The molecule has 1 spiro atoms. The third kappa shape index (κ3) is 4.06. The summed E-state index contributed by atoms with van der Waals surface area (Å²) in [5.41, 5.74) is 2.06. The highest BCUT2D eigenvalue weighted by molar-refractivity contribution is 6.33. The zero-order chi connectivity index (χ0) is 23.0. The molecule has 0 unspecified atom stereocenters. The van der Waals surface area contributed by atoms with Gasteiger partial charge in [-0.1, -0.05) is 23.7 Å². The Hall–Kier alpha value is -3.39. The number of nitrogens with one attached hydrogen (secondary N) is 1. The van der Waals surface area contributed by atoms with Gasteiger partial charge in [0.25, 0.3) is 0 Å². The third-order valence-electron chi connectivity index (χ3n) is 6.51. The minimum atomic E-state index is -0.420. The number of carbonyl (C=O) groups excluding carboxylic acids is 2. The van der Waals surface area contributed by atoms with Crippen molar-refractivity contribution in [2.75, 3.05) is 23.3 Å². The van der Waals surface area contributed by atoms with Gasteiger partial charge >= 0.3 is 6.03 Å². The lowest BCUT2D eigenvalue weighted by atomic mass is 9.82. The second-order valence-electron chi connectivity index (χ2n) is 8.69. The van der Waals surface area contributed by atoms with E-state index in [9.17, 15) is 9.59 Å². The highest BCUT2D eigenvalue weighted by atomic mass is 35.5. The molecular formula is C24H25ClN6O2. The zero-order valence-electron chi connectivity index (χ0n) is 18.4. The molecule has 5 rings (SSSR count). The molecule has 9 heteroatoms. The minimum absolute atomic E-state index is 0.0770. The largest absolute Gasteiger partial charge is 0.324 e. The molecule has 0 aliphatic carbocycles. The summed E-state index contributed by atoms with van der Waals surface area (Å²) in [5.74, 6) is 0.891. The van der Waals surface area contributed by atoms with E-state index < -0.39 is 5.54 Å². The molecule has 2 aromatic heterocycles. The fourth-order valence-electron chi connectivity index (χ4n) is 4.72. The maximum atomic E-state index is 13.3. The summed E-state index contributed by atoms with van der Waals surface area (Å²) in [6, 6.07) is 12.8. The monoisotopic (exact) mass is 464 g/mol. The standard InChI is InChI=1S/C24H25ClN6O2/c1-17-14-21-30(16-18-6-10-26-11-7-18)22(32)15-24(31(21)28-17)8-12-29(13-9-24)23(33)27-20-5-3-2-4-19(20)25/h2-7,10-11,14H,8-9,12-13,15-16H2,1H3,(H,27,33). The normalized spacial score (nSPS) is 17.2. The Labute approximate surface area is 197 Å². The molecule has 1 fully saturated rings. The van der Waals surface area contributed by atoms with Crippen LogP contribution in [0, 0.1) is 6.92 Å². The summed E-state index contributed by atoms with van der Waals surface area (Å²) in [6.45, 7) is 3.49. The molecule has 0 radical (unpaired) electrons. The molecule has 3 amide bonds. The molecule has 4 heterocycles. The predicted octanol–water partition coefficient (Wildman–Crippen LogP) is 4.20. The molecule has 33 heavy (non-hydrogen) atoms. The number of para-hydroxylation sites is 1. The lowest BCUT2D eigenvalue weighted by Gasteiger charge is -2.46. The van der Waals surface area contributed by atoms with Crippen LogP contribution in [-0.4, -0.2) is 44.7 Å². The molecule has 0 atom stereocenters. The molecule has 1 N–H and O–H groups in total. The van der Waals surface area contributed by atoms with E-state index in [1.807, 2.05) is 41.9 Å². The lowest BCUT2D eigenvalue weighted by Crippen LogP contribution is -2.55. The number of aromatic nitrogens is 3. The van der Waals surface area contributed by atoms with Crippen molar-refractivity contribution in [2.24, 2.45) is 0 Å². The van der Waals surface area contributed by atoms with Gasteiger partial charge in [-0.05, 0) is 49.6 Å². The van der Waals surface area contributed by atoms with Crippen LogP contribution in [0.4, 0.5) is 16.3 Å². The zero-order valence-corrected chi connectivity index (χ0v) is 19.1. The number of nitrogens with zero attached hydrogens (tertiary/aromatic N) is 5. The van der Waals surface area contributed by atoms with Gasteiger partial charge in [-0.2, -0.15) is 5.10 Å². The quantitative estimate of drug-likeness (QED) is 0.629. The van der Waals surface area contributed by atoms with Crippen LogP contribution in [0.15, 0.2) is 54.9 Å². The number of carbonyl (C=O) groups is 2. The van der Waals surface area contributed by atoms with Crippen molar-refractivity contribution in [3.05, 3.63) is 71.1 Å². The number of pyridine rings is 1. The highest BCUT2D eigenvalue weighted by Gasteiger charge is 2.46. The van der Waals surface area contributed by atoms with E-state index in [-0.39, 0.29) is 11.9 Å². The minimum Gasteiger partial charge on any atom is -0.324 e. The van der Waals surface area contributed by atoms with Gasteiger partial charge in [0.05, 0.1) is 34.9 Å². The number of urea groups is 1. The van der Waals surface area contributed by atoms with Crippen LogP contribution in [0.1, 0.15) is 30.5 Å². The van der Waals surface area contributed by atoms with Gasteiger partial charge in [0.15, 0.2) is 0 Å². The van der Waals surface area contributed by atoms with Gasteiger partial charge < -0.3 is 10.2 Å². The Kier molecular flexibility index (Phi) is 5.54. The summed E-state index contributed by atoms with van der Waals surface area (Å²) in [6.07, 6.45) is 5.15. The number of aryl methyl sites for hydroxylation is 1. The van der Waals surface area contributed by atoms with E-state index in [0.717, 1.165) is 17.1 Å². The Morgan fingerprint density at radius 1 is 1.15 bits per heavy atom. The lowest BCUT2D eigenvalue weighted by molar-refractivity contribution is -0.123. The molecular weight excluding hydrogens is 440 g/mol. The van der Waals surface area contributed by atoms with Gasteiger partial charge in [-0.15, -0.1) is 0 Å². The topological polar surface area (TPSA) is 83.4 Å². The number of hydrogen-bond acceptors (Lipinski definition) is 4. The first-order valence-electron chi connectivity index (χ1n) is 11.0. The van der Waals surface area contributed by atoms with Crippen molar-refractivity contribution in [1.29, 1.82) is 0 Å². The Bertz CT molecular complexity index is 1190. The smallest absolute Gasteiger partial charge is 0.321 e. The second-order valence-corrected chi connectivity index (χ2v) is 9.10. The average molecular weight is 465 g/mol. The Balaban J connectivity index is 1.34. The number of benzene rings is 1. The number of likely N-dealkylation sites (tertiary alicyclic amines) is 1. The predicted molar refractivity (Wildman–Crippen MR) is 126 cm³/mol.